The Balaban J connectivity index is 1.85. The summed E-state index contributed by atoms with van der Waals surface area (Å²) < 4.78 is 16.6. The molecule has 0 unspecified atom stereocenters. The van der Waals surface area contributed by atoms with Gasteiger partial charge in [-0.15, -0.1) is 0 Å². The van der Waals surface area contributed by atoms with Gasteiger partial charge in [0.25, 0.3) is 0 Å². The van der Waals surface area contributed by atoms with E-state index < -0.39 is 11.2 Å². The van der Waals surface area contributed by atoms with Crippen LogP contribution in [0.3, 0.4) is 0 Å². The highest BCUT2D eigenvalue weighted by Crippen LogP contribution is 2.47. The smallest absolute Gasteiger partial charge is 0.232 e. The molecule has 0 atom stereocenters. The molecule has 4 nitrogen and oxygen atoms in total. The average Bonchev–Trinajstić information content (AvgIpc) is 2.97. The third-order valence-electron chi connectivity index (χ3n) is 4.70. The molecular weight excluding hydrogens is 292 g/mol. The first-order chi connectivity index (χ1) is 10.1. The van der Waals surface area contributed by atoms with Gasteiger partial charge in [-0.2, -0.15) is 0 Å². The van der Waals surface area contributed by atoms with E-state index in [0.29, 0.717) is 38.9 Å². The highest BCUT2D eigenvalue weighted by molar-refractivity contribution is 6.65. The number of ether oxygens (including phenoxy) is 3. The van der Waals surface area contributed by atoms with Crippen molar-refractivity contribution in [3.63, 3.8) is 0 Å². The molecule has 1 saturated carbocycles. The van der Waals surface area contributed by atoms with E-state index in [4.69, 9.17) is 25.8 Å². The molecule has 5 heteroatoms. The number of rotatable bonds is 3. The van der Waals surface area contributed by atoms with Gasteiger partial charge in [0.1, 0.15) is 5.75 Å². The SMILES string of the molecule is COc1ccc(C2(C(=O)Cl)CCC3(CC2)OCCO3)cc1. The molecule has 1 saturated heterocycles. The maximum Gasteiger partial charge on any atom is 0.232 e. The number of methoxy groups -OCH3 is 1. The Morgan fingerprint density at radius 2 is 1.67 bits per heavy atom. The number of halogens is 1. The van der Waals surface area contributed by atoms with Gasteiger partial charge >= 0.3 is 0 Å². The van der Waals surface area contributed by atoms with Gasteiger partial charge in [-0.3, -0.25) is 4.79 Å². The van der Waals surface area contributed by atoms with Crippen LogP contribution < -0.4 is 4.74 Å². The van der Waals surface area contributed by atoms with Gasteiger partial charge in [0.2, 0.25) is 5.24 Å². The van der Waals surface area contributed by atoms with Crippen LogP contribution in [0, 0.1) is 0 Å². The number of benzene rings is 1. The first-order valence-corrected chi connectivity index (χ1v) is 7.60. The normalized spacial score (nSPS) is 23.1. The molecule has 21 heavy (non-hydrogen) atoms. The zero-order chi connectivity index (χ0) is 14.9. The van der Waals surface area contributed by atoms with E-state index in [0.717, 1.165) is 11.3 Å². The fraction of sp³-hybridized carbons (Fsp3) is 0.562. The first kappa shape index (κ1) is 14.8. The summed E-state index contributed by atoms with van der Waals surface area (Å²) in [6.07, 6.45) is 2.66. The monoisotopic (exact) mass is 310 g/mol. The number of carbonyl (C=O) groups is 1. The van der Waals surface area contributed by atoms with E-state index in [1.54, 1.807) is 7.11 Å². The number of carbonyl (C=O) groups excluding carboxylic acids is 1. The maximum atomic E-state index is 12.1. The summed E-state index contributed by atoms with van der Waals surface area (Å²) in [7, 11) is 1.62. The average molecular weight is 311 g/mol. The summed E-state index contributed by atoms with van der Waals surface area (Å²) in [6, 6.07) is 7.58. The predicted molar refractivity (Wildman–Crippen MR) is 78.6 cm³/mol. The summed E-state index contributed by atoms with van der Waals surface area (Å²) in [6.45, 7) is 1.26. The van der Waals surface area contributed by atoms with E-state index in [1.165, 1.54) is 0 Å². The van der Waals surface area contributed by atoms with Crippen LogP contribution in [-0.4, -0.2) is 31.4 Å². The third-order valence-corrected chi connectivity index (χ3v) is 5.06. The summed E-state index contributed by atoms with van der Waals surface area (Å²) in [5, 5.41) is -0.305. The molecule has 0 amide bonds. The Bertz CT molecular complexity index is 510. The zero-order valence-corrected chi connectivity index (χ0v) is 12.8. The van der Waals surface area contributed by atoms with E-state index in [-0.39, 0.29) is 5.24 Å². The fourth-order valence-electron chi connectivity index (χ4n) is 3.35. The van der Waals surface area contributed by atoms with Crippen molar-refractivity contribution in [3.05, 3.63) is 29.8 Å². The minimum Gasteiger partial charge on any atom is -0.497 e. The van der Waals surface area contributed by atoms with Crippen molar-refractivity contribution < 1.29 is 19.0 Å². The van der Waals surface area contributed by atoms with Gasteiger partial charge in [0.15, 0.2) is 5.79 Å². The molecule has 1 aliphatic carbocycles. The van der Waals surface area contributed by atoms with Crippen LogP contribution in [0.15, 0.2) is 24.3 Å². The molecule has 2 aliphatic rings. The van der Waals surface area contributed by atoms with Crippen LogP contribution in [0.2, 0.25) is 0 Å². The second kappa shape index (κ2) is 5.59. The highest BCUT2D eigenvalue weighted by Gasteiger charge is 2.50. The molecule has 0 aromatic heterocycles. The zero-order valence-electron chi connectivity index (χ0n) is 12.1. The molecule has 3 rings (SSSR count). The van der Waals surface area contributed by atoms with Crippen molar-refractivity contribution in [2.75, 3.05) is 20.3 Å². The number of hydrogen-bond donors (Lipinski definition) is 0. The Morgan fingerprint density at radius 3 is 2.14 bits per heavy atom. The van der Waals surface area contributed by atoms with Gasteiger partial charge in [-0.05, 0) is 42.1 Å². The van der Waals surface area contributed by atoms with Crippen LogP contribution >= 0.6 is 11.6 Å². The van der Waals surface area contributed by atoms with Crippen LogP contribution in [0.1, 0.15) is 31.2 Å². The fourth-order valence-corrected chi connectivity index (χ4v) is 3.65. The first-order valence-electron chi connectivity index (χ1n) is 7.23. The Labute approximate surface area is 129 Å². The second-order valence-electron chi connectivity index (χ2n) is 5.69. The standard InChI is InChI=1S/C16H19ClO4/c1-19-13-4-2-12(3-5-13)15(14(17)18)6-8-16(9-7-15)20-10-11-21-16/h2-5H,6-11H2,1H3. The lowest BCUT2D eigenvalue weighted by Crippen LogP contribution is -2.45. The summed E-state index contributed by atoms with van der Waals surface area (Å²) in [5.41, 5.74) is 0.296. The Hall–Kier alpha value is -1.10. The maximum absolute atomic E-state index is 12.1. The van der Waals surface area contributed by atoms with Crippen molar-refractivity contribution in [1.82, 2.24) is 0 Å². The van der Waals surface area contributed by atoms with Crippen molar-refractivity contribution in [2.45, 2.75) is 36.9 Å². The molecule has 2 fully saturated rings. The second-order valence-corrected chi connectivity index (χ2v) is 6.04. The molecule has 114 valence electrons. The van der Waals surface area contributed by atoms with Gasteiger partial charge in [-0.25, -0.2) is 0 Å². The minimum atomic E-state index is -0.644. The largest absolute Gasteiger partial charge is 0.497 e. The minimum absolute atomic E-state index is 0.305. The molecule has 1 aliphatic heterocycles. The lowest BCUT2D eigenvalue weighted by atomic mass is 9.68. The van der Waals surface area contributed by atoms with Crippen LogP contribution in [0.4, 0.5) is 0 Å². The highest BCUT2D eigenvalue weighted by atomic mass is 35.5. The molecule has 1 heterocycles. The summed E-state index contributed by atoms with van der Waals surface area (Å²) in [5.74, 6) is 0.271. The van der Waals surface area contributed by atoms with Gasteiger partial charge < -0.3 is 14.2 Å². The molecule has 0 radical (unpaired) electrons. The number of hydrogen-bond acceptors (Lipinski definition) is 4. The topological polar surface area (TPSA) is 44.8 Å². The van der Waals surface area contributed by atoms with Gasteiger partial charge in [0.05, 0.1) is 25.7 Å². The van der Waals surface area contributed by atoms with Crippen molar-refractivity contribution in [2.24, 2.45) is 0 Å². The van der Waals surface area contributed by atoms with Crippen LogP contribution in [0.25, 0.3) is 0 Å². The van der Waals surface area contributed by atoms with Crippen LogP contribution in [-0.2, 0) is 19.7 Å². The summed E-state index contributed by atoms with van der Waals surface area (Å²) in [4.78, 5) is 12.1. The Kier molecular flexibility index (Phi) is 3.95. The van der Waals surface area contributed by atoms with E-state index in [9.17, 15) is 4.79 Å². The quantitative estimate of drug-likeness (QED) is 0.805. The summed E-state index contributed by atoms with van der Waals surface area (Å²) >= 11 is 5.96. The molecule has 0 N–H and O–H groups in total. The van der Waals surface area contributed by atoms with Gasteiger partial charge in [0, 0.05) is 12.8 Å². The molecule has 0 bridgehead atoms. The lowest BCUT2D eigenvalue weighted by Gasteiger charge is -2.41. The molecule has 1 aromatic carbocycles. The van der Waals surface area contributed by atoms with E-state index >= 15 is 0 Å². The lowest BCUT2D eigenvalue weighted by molar-refractivity contribution is -0.185. The van der Waals surface area contributed by atoms with E-state index in [2.05, 4.69) is 0 Å². The van der Waals surface area contributed by atoms with Crippen molar-refractivity contribution in [3.8, 4) is 5.75 Å². The van der Waals surface area contributed by atoms with Crippen molar-refractivity contribution >= 4 is 16.8 Å². The molecular formula is C16H19ClO4. The predicted octanol–water partition coefficient (Wildman–Crippen LogP) is 3.02. The Morgan fingerprint density at radius 1 is 1.10 bits per heavy atom. The van der Waals surface area contributed by atoms with Gasteiger partial charge in [-0.1, -0.05) is 12.1 Å². The molecule has 1 aromatic rings. The third kappa shape index (κ3) is 2.56. The molecule has 1 spiro atoms. The van der Waals surface area contributed by atoms with Crippen LogP contribution in [0.5, 0.6) is 5.75 Å². The van der Waals surface area contributed by atoms with E-state index in [1.807, 2.05) is 24.3 Å². The van der Waals surface area contributed by atoms with Crippen molar-refractivity contribution in [1.29, 1.82) is 0 Å².